The summed E-state index contributed by atoms with van der Waals surface area (Å²) in [4.78, 5) is 0. The molecule has 0 aliphatic carbocycles. The predicted octanol–water partition coefficient (Wildman–Crippen LogP) is 1.77. The number of benzene rings is 1. The van der Waals surface area contributed by atoms with Crippen molar-refractivity contribution in [2.24, 2.45) is 0 Å². The van der Waals surface area contributed by atoms with Crippen LogP contribution in [0.1, 0.15) is 18.4 Å². The summed E-state index contributed by atoms with van der Waals surface area (Å²) in [5.41, 5.74) is -0.275. The molecule has 1 rings (SSSR count). The molecule has 0 aliphatic rings. The first-order chi connectivity index (χ1) is 6.07. The normalized spacial score (nSPS) is 12.9. The van der Waals surface area contributed by atoms with Crippen LogP contribution in [0, 0.1) is 11.6 Å². The number of aromatic hydroxyl groups is 1. The van der Waals surface area contributed by atoms with Crippen LogP contribution in [0.15, 0.2) is 12.1 Å². The second-order valence-electron chi connectivity index (χ2n) is 2.88. The Morgan fingerprint density at radius 1 is 1.38 bits per heavy atom. The molecular formula is C9H10F2O2. The first kappa shape index (κ1) is 9.92. The summed E-state index contributed by atoms with van der Waals surface area (Å²) in [5.74, 6) is -3.01. The number of aliphatic hydroxyl groups excluding tert-OH is 1. The fourth-order valence-electron chi connectivity index (χ4n) is 1.10. The molecule has 72 valence electrons. The van der Waals surface area contributed by atoms with Crippen LogP contribution >= 0.6 is 0 Å². The van der Waals surface area contributed by atoms with Crippen LogP contribution in [0.4, 0.5) is 8.78 Å². The monoisotopic (exact) mass is 188 g/mol. The van der Waals surface area contributed by atoms with E-state index in [1.165, 1.54) is 6.92 Å². The van der Waals surface area contributed by atoms with Crippen molar-refractivity contribution in [3.05, 3.63) is 29.3 Å². The number of phenols is 1. The second kappa shape index (κ2) is 3.70. The molecule has 0 amide bonds. The molecule has 0 aromatic heterocycles. The first-order valence-electron chi connectivity index (χ1n) is 3.85. The van der Waals surface area contributed by atoms with Crippen molar-refractivity contribution in [2.75, 3.05) is 6.61 Å². The lowest BCUT2D eigenvalue weighted by atomic mass is 10.0. The highest BCUT2D eigenvalue weighted by Gasteiger charge is 2.18. The maximum absolute atomic E-state index is 13.1. The minimum atomic E-state index is -0.999. The van der Waals surface area contributed by atoms with Gasteiger partial charge in [0.15, 0.2) is 11.6 Å². The van der Waals surface area contributed by atoms with Crippen molar-refractivity contribution in [1.82, 2.24) is 0 Å². The Morgan fingerprint density at radius 3 is 2.54 bits per heavy atom. The van der Waals surface area contributed by atoms with E-state index in [4.69, 9.17) is 10.2 Å². The Labute approximate surface area is 74.4 Å². The van der Waals surface area contributed by atoms with E-state index in [1.54, 1.807) is 0 Å². The molecule has 0 heterocycles. The molecule has 0 spiro atoms. The van der Waals surface area contributed by atoms with E-state index >= 15 is 0 Å². The molecule has 1 unspecified atom stereocenters. The summed E-state index contributed by atoms with van der Waals surface area (Å²) < 4.78 is 26.1. The average Bonchev–Trinajstić information content (AvgIpc) is 2.12. The van der Waals surface area contributed by atoms with Crippen molar-refractivity contribution in [1.29, 1.82) is 0 Å². The largest absolute Gasteiger partial charge is 0.505 e. The molecule has 0 aliphatic heterocycles. The quantitative estimate of drug-likeness (QED) is 0.742. The van der Waals surface area contributed by atoms with Crippen molar-refractivity contribution in [2.45, 2.75) is 12.8 Å². The van der Waals surface area contributed by atoms with Crippen molar-refractivity contribution in [3.63, 3.8) is 0 Å². The van der Waals surface area contributed by atoms with Gasteiger partial charge in [0.1, 0.15) is 5.82 Å². The van der Waals surface area contributed by atoms with Crippen LogP contribution < -0.4 is 0 Å². The Hall–Kier alpha value is -1.16. The number of aliphatic hydroxyl groups is 1. The predicted molar refractivity (Wildman–Crippen MR) is 43.5 cm³/mol. The first-order valence-corrected chi connectivity index (χ1v) is 3.85. The standard InChI is InChI=1S/C9H10F2O2/c1-5(4-12)8-6(10)2-3-7(13)9(8)11/h2-3,5,12-13H,4H2,1H3. The Kier molecular flexibility index (Phi) is 2.83. The highest BCUT2D eigenvalue weighted by atomic mass is 19.1. The molecule has 1 aromatic rings. The molecule has 2 nitrogen and oxygen atoms in total. The number of halogens is 2. The number of hydrogen-bond acceptors (Lipinski definition) is 2. The zero-order valence-electron chi connectivity index (χ0n) is 7.09. The highest BCUT2D eigenvalue weighted by Crippen LogP contribution is 2.27. The van der Waals surface area contributed by atoms with Gasteiger partial charge in [0.2, 0.25) is 0 Å². The van der Waals surface area contributed by atoms with Crippen LogP contribution in [-0.2, 0) is 0 Å². The van der Waals surface area contributed by atoms with Crippen LogP contribution in [-0.4, -0.2) is 16.8 Å². The summed E-state index contributed by atoms with van der Waals surface area (Å²) in [6, 6.07) is 1.91. The van der Waals surface area contributed by atoms with E-state index < -0.39 is 23.3 Å². The molecule has 0 saturated heterocycles. The van der Waals surface area contributed by atoms with E-state index in [-0.39, 0.29) is 12.2 Å². The summed E-state index contributed by atoms with van der Waals surface area (Å²) in [6.45, 7) is 1.11. The van der Waals surface area contributed by atoms with Gasteiger partial charge < -0.3 is 10.2 Å². The van der Waals surface area contributed by atoms with Crippen molar-refractivity contribution in [3.8, 4) is 5.75 Å². The molecule has 1 atom stereocenters. The molecule has 4 heteroatoms. The van der Waals surface area contributed by atoms with Crippen molar-refractivity contribution >= 4 is 0 Å². The van der Waals surface area contributed by atoms with Crippen LogP contribution in [0.3, 0.4) is 0 Å². The molecule has 2 N–H and O–H groups in total. The SMILES string of the molecule is CC(CO)c1c(F)ccc(O)c1F. The minimum absolute atomic E-state index is 0.275. The lowest BCUT2D eigenvalue weighted by Gasteiger charge is -2.11. The second-order valence-corrected chi connectivity index (χ2v) is 2.88. The van der Waals surface area contributed by atoms with Gasteiger partial charge in [-0.15, -0.1) is 0 Å². The van der Waals surface area contributed by atoms with Gasteiger partial charge in [0, 0.05) is 18.1 Å². The lowest BCUT2D eigenvalue weighted by Crippen LogP contribution is -2.05. The third-order valence-corrected chi connectivity index (χ3v) is 1.87. The lowest BCUT2D eigenvalue weighted by molar-refractivity contribution is 0.266. The minimum Gasteiger partial charge on any atom is -0.505 e. The van der Waals surface area contributed by atoms with Crippen LogP contribution in [0.2, 0.25) is 0 Å². The van der Waals surface area contributed by atoms with E-state index in [0.29, 0.717) is 0 Å². The van der Waals surface area contributed by atoms with E-state index in [2.05, 4.69) is 0 Å². The molecular weight excluding hydrogens is 178 g/mol. The molecule has 0 saturated carbocycles. The van der Waals surface area contributed by atoms with Gasteiger partial charge in [0.25, 0.3) is 0 Å². The fraction of sp³-hybridized carbons (Fsp3) is 0.333. The van der Waals surface area contributed by atoms with Crippen molar-refractivity contribution < 1.29 is 19.0 Å². The topological polar surface area (TPSA) is 40.5 Å². The highest BCUT2D eigenvalue weighted by molar-refractivity contribution is 5.33. The zero-order chi connectivity index (χ0) is 10.0. The Bertz CT molecular complexity index is 313. The summed E-state index contributed by atoms with van der Waals surface area (Å²) in [5, 5.41) is 17.7. The Balaban J connectivity index is 3.25. The molecule has 0 radical (unpaired) electrons. The maximum Gasteiger partial charge on any atom is 0.171 e. The molecule has 0 fully saturated rings. The van der Waals surface area contributed by atoms with Gasteiger partial charge >= 0.3 is 0 Å². The number of phenolic OH excluding ortho intramolecular Hbond substituents is 1. The van der Waals surface area contributed by atoms with Gasteiger partial charge in [-0.25, -0.2) is 8.78 Å². The molecule has 0 bridgehead atoms. The van der Waals surface area contributed by atoms with Crippen LogP contribution in [0.5, 0.6) is 5.75 Å². The van der Waals surface area contributed by atoms with Gasteiger partial charge in [-0.3, -0.25) is 0 Å². The van der Waals surface area contributed by atoms with Gasteiger partial charge in [0.05, 0.1) is 0 Å². The van der Waals surface area contributed by atoms with Gasteiger partial charge in [-0.05, 0) is 12.1 Å². The third-order valence-electron chi connectivity index (χ3n) is 1.87. The Morgan fingerprint density at radius 2 is 2.00 bits per heavy atom. The van der Waals surface area contributed by atoms with Gasteiger partial charge in [-0.2, -0.15) is 0 Å². The smallest absolute Gasteiger partial charge is 0.171 e. The summed E-state index contributed by atoms with van der Waals surface area (Å²) >= 11 is 0. The average molecular weight is 188 g/mol. The maximum atomic E-state index is 13.1. The van der Waals surface area contributed by atoms with E-state index in [9.17, 15) is 8.78 Å². The molecule has 13 heavy (non-hydrogen) atoms. The van der Waals surface area contributed by atoms with E-state index in [0.717, 1.165) is 12.1 Å². The third kappa shape index (κ3) is 1.78. The summed E-state index contributed by atoms with van der Waals surface area (Å²) in [7, 11) is 0. The van der Waals surface area contributed by atoms with E-state index in [1.807, 2.05) is 0 Å². The fourth-order valence-corrected chi connectivity index (χ4v) is 1.10. The molecule has 1 aromatic carbocycles. The summed E-state index contributed by atoms with van der Waals surface area (Å²) in [6.07, 6.45) is 0. The van der Waals surface area contributed by atoms with Gasteiger partial charge in [-0.1, -0.05) is 6.92 Å². The number of rotatable bonds is 2. The zero-order valence-corrected chi connectivity index (χ0v) is 7.09. The van der Waals surface area contributed by atoms with Crippen LogP contribution in [0.25, 0.3) is 0 Å². The number of hydrogen-bond donors (Lipinski definition) is 2.